The van der Waals surface area contributed by atoms with E-state index in [4.69, 9.17) is 10.5 Å². The molecule has 0 aliphatic carbocycles. The van der Waals surface area contributed by atoms with Gasteiger partial charge in [-0.2, -0.15) is 0 Å². The van der Waals surface area contributed by atoms with Gasteiger partial charge in [0.1, 0.15) is 0 Å². The van der Waals surface area contributed by atoms with Crippen molar-refractivity contribution in [3.63, 3.8) is 0 Å². The van der Waals surface area contributed by atoms with E-state index >= 15 is 0 Å². The zero-order valence-corrected chi connectivity index (χ0v) is 12.8. The first-order valence-corrected chi connectivity index (χ1v) is 8.36. The normalized spacial score (nSPS) is 19.4. The fraction of sp³-hybridized carbons (Fsp3) is 0.571. The van der Waals surface area contributed by atoms with Gasteiger partial charge in [-0.05, 0) is 56.4 Å². The average Bonchev–Trinajstić information content (AvgIpc) is 2.88. The number of benzene rings is 1. The molecule has 1 unspecified atom stereocenters. The van der Waals surface area contributed by atoms with Crippen molar-refractivity contribution in [2.75, 3.05) is 18.9 Å². The van der Waals surface area contributed by atoms with Crippen LogP contribution in [0, 0.1) is 13.8 Å². The molecule has 0 aromatic heterocycles. The van der Waals surface area contributed by atoms with Crippen LogP contribution in [-0.2, 0) is 14.8 Å². The lowest BCUT2D eigenvalue weighted by atomic mass is 10.1. The molecule has 1 aliphatic heterocycles. The minimum absolute atomic E-state index is 0.183. The highest BCUT2D eigenvalue weighted by atomic mass is 32.2. The highest BCUT2D eigenvalue weighted by Crippen LogP contribution is 2.21. The minimum atomic E-state index is -3.50. The molecule has 5 nitrogen and oxygen atoms in total. The highest BCUT2D eigenvalue weighted by Gasteiger charge is 2.19. The van der Waals surface area contributed by atoms with E-state index in [1.807, 2.05) is 13.8 Å². The quantitative estimate of drug-likeness (QED) is 0.811. The lowest BCUT2D eigenvalue weighted by Gasteiger charge is -2.12. The molecule has 2 rings (SSSR count). The van der Waals surface area contributed by atoms with E-state index < -0.39 is 10.0 Å². The molecule has 0 bridgehead atoms. The Bertz CT molecular complexity index is 555. The van der Waals surface area contributed by atoms with Crippen molar-refractivity contribution >= 4 is 15.7 Å². The number of nitrogens with two attached hydrogens (primary N) is 1. The topological polar surface area (TPSA) is 81.4 Å². The van der Waals surface area contributed by atoms with Gasteiger partial charge in [0.05, 0.1) is 11.0 Å². The standard InChI is InChI=1S/C14H22N2O3S/c1-10-8-13(9-14(15)11(10)2)20(17,18)16-6-5-12-4-3-7-19-12/h8-9,12,16H,3-7,15H2,1-2H3. The molecule has 1 aromatic rings. The fourth-order valence-electron chi connectivity index (χ4n) is 2.32. The van der Waals surface area contributed by atoms with Crippen molar-refractivity contribution < 1.29 is 13.2 Å². The van der Waals surface area contributed by atoms with Gasteiger partial charge in [0.15, 0.2) is 0 Å². The number of ether oxygens (including phenoxy) is 1. The summed E-state index contributed by atoms with van der Waals surface area (Å²) < 4.78 is 32.5. The van der Waals surface area contributed by atoms with E-state index in [-0.39, 0.29) is 11.0 Å². The third-order valence-electron chi connectivity index (χ3n) is 3.77. The number of hydrogen-bond donors (Lipinski definition) is 2. The van der Waals surface area contributed by atoms with E-state index in [0.717, 1.165) is 30.6 Å². The Morgan fingerprint density at radius 1 is 1.40 bits per heavy atom. The van der Waals surface area contributed by atoms with Gasteiger partial charge in [0, 0.05) is 18.8 Å². The summed E-state index contributed by atoms with van der Waals surface area (Å²) in [5, 5.41) is 0. The summed E-state index contributed by atoms with van der Waals surface area (Å²) in [5.41, 5.74) is 8.14. The summed E-state index contributed by atoms with van der Waals surface area (Å²) in [6, 6.07) is 3.16. The molecule has 1 heterocycles. The number of anilines is 1. The minimum Gasteiger partial charge on any atom is -0.398 e. The first kappa shape index (κ1) is 15.3. The van der Waals surface area contributed by atoms with E-state index in [0.29, 0.717) is 18.7 Å². The Morgan fingerprint density at radius 2 is 2.15 bits per heavy atom. The maximum atomic E-state index is 12.2. The zero-order valence-electron chi connectivity index (χ0n) is 12.0. The third-order valence-corrected chi connectivity index (χ3v) is 5.21. The summed E-state index contributed by atoms with van der Waals surface area (Å²) in [5.74, 6) is 0. The van der Waals surface area contributed by atoms with Crippen molar-refractivity contribution in [3.8, 4) is 0 Å². The molecular formula is C14H22N2O3S. The molecule has 0 spiro atoms. The van der Waals surface area contributed by atoms with E-state index in [2.05, 4.69) is 4.72 Å². The molecule has 1 aromatic carbocycles. The second-order valence-corrected chi connectivity index (χ2v) is 7.04. The van der Waals surface area contributed by atoms with Crippen LogP contribution in [-0.4, -0.2) is 27.7 Å². The van der Waals surface area contributed by atoms with Crippen LogP contribution in [0.2, 0.25) is 0 Å². The molecule has 1 aliphatic rings. The predicted octanol–water partition coefficient (Wildman–Crippen LogP) is 1.73. The molecular weight excluding hydrogens is 276 g/mol. The number of nitrogen functional groups attached to an aromatic ring is 1. The predicted molar refractivity (Wildman–Crippen MR) is 79.1 cm³/mol. The molecule has 0 amide bonds. The Labute approximate surface area is 120 Å². The summed E-state index contributed by atoms with van der Waals surface area (Å²) in [4.78, 5) is 0.227. The SMILES string of the molecule is Cc1cc(S(=O)(=O)NCCC2CCCO2)cc(N)c1C. The van der Waals surface area contributed by atoms with Crippen molar-refractivity contribution in [1.29, 1.82) is 0 Å². The van der Waals surface area contributed by atoms with Crippen LogP contribution in [0.15, 0.2) is 17.0 Å². The van der Waals surface area contributed by atoms with Crippen molar-refractivity contribution in [3.05, 3.63) is 23.3 Å². The third kappa shape index (κ3) is 3.50. The number of sulfonamides is 1. The van der Waals surface area contributed by atoms with Crippen LogP contribution in [0.3, 0.4) is 0 Å². The van der Waals surface area contributed by atoms with Crippen LogP contribution in [0.1, 0.15) is 30.4 Å². The second-order valence-electron chi connectivity index (χ2n) is 5.28. The number of nitrogens with one attached hydrogen (secondary N) is 1. The molecule has 1 atom stereocenters. The van der Waals surface area contributed by atoms with Gasteiger partial charge in [-0.1, -0.05) is 0 Å². The molecule has 3 N–H and O–H groups in total. The Kier molecular flexibility index (Phi) is 4.67. The molecule has 20 heavy (non-hydrogen) atoms. The molecule has 6 heteroatoms. The lowest BCUT2D eigenvalue weighted by Crippen LogP contribution is -2.27. The first-order valence-electron chi connectivity index (χ1n) is 6.88. The summed E-state index contributed by atoms with van der Waals surface area (Å²) in [6.07, 6.45) is 2.96. The van der Waals surface area contributed by atoms with Gasteiger partial charge < -0.3 is 10.5 Å². The fourth-order valence-corrected chi connectivity index (χ4v) is 3.48. The Balaban J connectivity index is 2.02. The Morgan fingerprint density at radius 3 is 2.75 bits per heavy atom. The molecule has 1 fully saturated rings. The molecule has 112 valence electrons. The van der Waals surface area contributed by atoms with Crippen LogP contribution in [0.5, 0.6) is 0 Å². The summed E-state index contributed by atoms with van der Waals surface area (Å²) in [6.45, 7) is 4.91. The largest absolute Gasteiger partial charge is 0.398 e. The van der Waals surface area contributed by atoms with E-state index in [9.17, 15) is 8.42 Å². The molecule has 0 saturated carbocycles. The first-order chi connectivity index (χ1) is 9.40. The average molecular weight is 298 g/mol. The van der Waals surface area contributed by atoms with Crippen LogP contribution in [0.4, 0.5) is 5.69 Å². The zero-order chi connectivity index (χ0) is 14.8. The highest BCUT2D eigenvalue weighted by molar-refractivity contribution is 7.89. The van der Waals surface area contributed by atoms with E-state index in [1.165, 1.54) is 6.07 Å². The molecule has 1 saturated heterocycles. The lowest BCUT2D eigenvalue weighted by molar-refractivity contribution is 0.105. The number of aryl methyl sites for hydroxylation is 1. The smallest absolute Gasteiger partial charge is 0.240 e. The maximum absolute atomic E-state index is 12.2. The van der Waals surface area contributed by atoms with Gasteiger partial charge in [0.2, 0.25) is 10.0 Å². The van der Waals surface area contributed by atoms with Crippen molar-refractivity contribution in [1.82, 2.24) is 4.72 Å². The molecule has 0 radical (unpaired) electrons. The number of hydrogen-bond acceptors (Lipinski definition) is 4. The Hall–Kier alpha value is -1.11. The van der Waals surface area contributed by atoms with E-state index in [1.54, 1.807) is 6.07 Å². The van der Waals surface area contributed by atoms with Crippen LogP contribution < -0.4 is 10.5 Å². The van der Waals surface area contributed by atoms with Gasteiger partial charge in [-0.25, -0.2) is 13.1 Å². The monoisotopic (exact) mass is 298 g/mol. The van der Waals surface area contributed by atoms with Crippen LogP contribution in [0.25, 0.3) is 0 Å². The van der Waals surface area contributed by atoms with Crippen LogP contribution >= 0.6 is 0 Å². The van der Waals surface area contributed by atoms with Crippen molar-refractivity contribution in [2.24, 2.45) is 0 Å². The van der Waals surface area contributed by atoms with Gasteiger partial charge in [-0.3, -0.25) is 0 Å². The maximum Gasteiger partial charge on any atom is 0.240 e. The van der Waals surface area contributed by atoms with Gasteiger partial charge in [-0.15, -0.1) is 0 Å². The van der Waals surface area contributed by atoms with Crippen molar-refractivity contribution in [2.45, 2.75) is 44.1 Å². The summed E-state index contributed by atoms with van der Waals surface area (Å²) in [7, 11) is -3.50. The van der Waals surface area contributed by atoms with Gasteiger partial charge in [0.25, 0.3) is 0 Å². The number of rotatable bonds is 5. The summed E-state index contributed by atoms with van der Waals surface area (Å²) >= 11 is 0. The second kappa shape index (κ2) is 6.11. The van der Waals surface area contributed by atoms with Gasteiger partial charge >= 0.3 is 0 Å².